The van der Waals surface area contributed by atoms with Crippen LogP contribution in [-0.4, -0.2) is 33.4 Å². The number of nitrogens with two attached hydrogens (primary N) is 1. The van der Waals surface area contributed by atoms with E-state index >= 15 is 0 Å². The molecule has 2 aliphatic carbocycles. The molecule has 0 bridgehead atoms. The number of nitrogens with one attached hydrogen (secondary N) is 1. The molecule has 0 atom stereocenters. The van der Waals surface area contributed by atoms with E-state index in [1.54, 1.807) is 19.1 Å². The number of hydrogen-bond acceptors (Lipinski definition) is 4. The number of aromatic hydroxyl groups is 1. The van der Waals surface area contributed by atoms with Gasteiger partial charge in [0.05, 0.1) is 17.4 Å². The normalized spacial score (nSPS) is 26.2. The van der Waals surface area contributed by atoms with Crippen molar-refractivity contribution in [1.82, 2.24) is 0 Å². The molecule has 0 aromatic heterocycles. The summed E-state index contributed by atoms with van der Waals surface area (Å²) in [6.07, 6.45) is 10.1. The van der Waals surface area contributed by atoms with Crippen molar-refractivity contribution in [2.45, 2.75) is 57.1 Å². The van der Waals surface area contributed by atoms with E-state index in [0.717, 1.165) is 36.8 Å². The molecule has 1 aromatic carbocycles. The highest BCUT2D eigenvalue weighted by atomic mass is 16.3. The standard InChI is InChI=1S/C21H25N3O2/c1-3-13-8-9-17(18(25)10-13)19(22)15-6-4-5-7-16(15)20(23)24-14-11-21(2,26)12-14/h1,8-10,14,22,25-26H,4-7,11-12H2,2H3,(H2,23,24). The van der Waals surface area contributed by atoms with E-state index in [4.69, 9.17) is 17.6 Å². The number of phenols is 1. The van der Waals surface area contributed by atoms with Crippen LogP contribution in [0.3, 0.4) is 0 Å². The SMILES string of the molecule is C#Cc1ccc(C(=N)C2=C(C(N)=NC3CC(C)(O)C3)CCCC2)c(O)c1. The van der Waals surface area contributed by atoms with Gasteiger partial charge in [-0.25, -0.2) is 0 Å². The number of rotatable bonds is 4. The molecule has 0 unspecified atom stereocenters. The largest absolute Gasteiger partial charge is 0.507 e. The van der Waals surface area contributed by atoms with Crippen molar-refractivity contribution in [1.29, 1.82) is 5.41 Å². The van der Waals surface area contributed by atoms with Crippen molar-refractivity contribution in [3.8, 4) is 18.1 Å². The second-order valence-electron chi connectivity index (χ2n) is 7.49. The molecule has 0 spiro atoms. The van der Waals surface area contributed by atoms with Gasteiger partial charge in [0.1, 0.15) is 11.6 Å². The number of benzene rings is 1. The lowest BCUT2D eigenvalue weighted by molar-refractivity contribution is -0.0280. The van der Waals surface area contributed by atoms with Crippen LogP contribution in [0.4, 0.5) is 0 Å². The lowest BCUT2D eigenvalue weighted by Crippen LogP contribution is -2.44. The van der Waals surface area contributed by atoms with Crippen LogP contribution in [0, 0.1) is 17.8 Å². The molecule has 5 N–H and O–H groups in total. The van der Waals surface area contributed by atoms with E-state index in [-0.39, 0.29) is 17.5 Å². The van der Waals surface area contributed by atoms with Crippen LogP contribution in [0.5, 0.6) is 5.75 Å². The molecule has 0 aliphatic heterocycles. The van der Waals surface area contributed by atoms with Gasteiger partial charge < -0.3 is 15.9 Å². The van der Waals surface area contributed by atoms with Crippen LogP contribution in [0.25, 0.3) is 0 Å². The summed E-state index contributed by atoms with van der Waals surface area (Å²) in [6.45, 7) is 1.80. The summed E-state index contributed by atoms with van der Waals surface area (Å²) in [5.74, 6) is 2.95. The third-order valence-electron chi connectivity index (χ3n) is 5.18. The number of nitrogens with zero attached hydrogens (tertiary/aromatic N) is 1. The lowest BCUT2D eigenvalue weighted by Gasteiger charge is -2.38. The molecule has 5 heteroatoms. The third kappa shape index (κ3) is 3.66. The third-order valence-corrected chi connectivity index (χ3v) is 5.18. The van der Waals surface area contributed by atoms with Crippen molar-refractivity contribution in [2.24, 2.45) is 10.7 Å². The summed E-state index contributed by atoms with van der Waals surface area (Å²) >= 11 is 0. The summed E-state index contributed by atoms with van der Waals surface area (Å²) in [5.41, 5.74) is 8.67. The minimum Gasteiger partial charge on any atom is -0.507 e. The maximum absolute atomic E-state index is 10.3. The van der Waals surface area contributed by atoms with E-state index in [1.165, 1.54) is 6.07 Å². The van der Waals surface area contributed by atoms with E-state index in [9.17, 15) is 10.2 Å². The Morgan fingerprint density at radius 2 is 1.96 bits per heavy atom. The predicted molar refractivity (Wildman–Crippen MR) is 104 cm³/mol. The number of phenolic OH excluding ortho intramolecular Hbond substituents is 1. The number of allylic oxidation sites excluding steroid dienone is 1. The number of aliphatic imine (C=N–C) groups is 1. The van der Waals surface area contributed by atoms with Crippen LogP contribution < -0.4 is 5.73 Å². The van der Waals surface area contributed by atoms with Gasteiger partial charge in [-0.2, -0.15) is 0 Å². The Morgan fingerprint density at radius 1 is 1.31 bits per heavy atom. The molecule has 5 nitrogen and oxygen atoms in total. The van der Waals surface area contributed by atoms with Crippen LogP contribution in [0.2, 0.25) is 0 Å². The quantitative estimate of drug-likeness (QED) is 0.381. The van der Waals surface area contributed by atoms with Gasteiger partial charge in [0, 0.05) is 11.1 Å². The molecular weight excluding hydrogens is 326 g/mol. The Labute approximate surface area is 154 Å². The Balaban J connectivity index is 1.91. The second kappa shape index (κ2) is 6.97. The second-order valence-corrected chi connectivity index (χ2v) is 7.49. The van der Waals surface area contributed by atoms with Crippen molar-refractivity contribution in [3.05, 3.63) is 40.5 Å². The Bertz CT molecular complexity index is 835. The van der Waals surface area contributed by atoms with Gasteiger partial charge >= 0.3 is 0 Å². The Kier molecular flexibility index (Phi) is 4.88. The molecule has 0 heterocycles. The smallest absolute Gasteiger partial charge is 0.126 e. The van der Waals surface area contributed by atoms with Gasteiger partial charge in [0.2, 0.25) is 0 Å². The first-order chi connectivity index (χ1) is 12.3. The fraction of sp³-hybridized carbons (Fsp3) is 0.429. The zero-order valence-corrected chi connectivity index (χ0v) is 15.0. The van der Waals surface area contributed by atoms with Gasteiger partial charge in [0.25, 0.3) is 0 Å². The summed E-state index contributed by atoms with van der Waals surface area (Å²) in [4.78, 5) is 4.57. The maximum atomic E-state index is 10.3. The fourth-order valence-corrected chi connectivity index (χ4v) is 3.78. The molecule has 0 amide bonds. The highest BCUT2D eigenvalue weighted by molar-refractivity contribution is 6.17. The van der Waals surface area contributed by atoms with E-state index in [0.29, 0.717) is 29.8 Å². The minimum atomic E-state index is -0.643. The maximum Gasteiger partial charge on any atom is 0.126 e. The molecule has 1 fully saturated rings. The molecule has 1 saturated carbocycles. The van der Waals surface area contributed by atoms with Crippen molar-refractivity contribution in [3.63, 3.8) is 0 Å². The molecule has 1 aromatic rings. The number of hydrogen-bond donors (Lipinski definition) is 4. The molecule has 3 rings (SSSR count). The first-order valence-corrected chi connectivity index (χ1v) is 8.98. The van der Waals surface area contributed by atoms with Gasteiger partial charge in [-0.15, -0.1) is 6.42 Å². The average Bonchev–Trinajstić information content (AvgIpc) is 2.59. The molecule has 26 heavy (non-hydrogen) atoms. The first kappa shape index (κ1) is 18.2. The summed E-state index contributed by atoms with van der Waals surface area (Å²) < 4.78 is 0. The minimum absolute atomic E-state index is 0.00780. The van der Waals surface area contributed by atoms with E-state index in [2.05, 4.69) is 10.9 Å². The average molecular weight is 351 g/mol. The highest BCUT2D eigenvalue weighted by Gasteiger charge is 2.38. The summed E-state index contributed by atoms with van der Waals surface area (Å²) in [5, 5.41) is 28.7. The zero-order chi connectivity index (χ0) is 18.9. The summed E-state index contributed by atoms with van der Waals surface area (Å²) in [7, 11) is 0. The van der Waals surface area contributed by atoms with Gasteiger partial charge in [-0.1, -0.05) is 5.92 Å². The molecule has 0 saturated heterocycles. The van der Waals surface area contributed by atoms with Gasteiger partial charge in [-0.05, 0) is 74.8 Å². The Morgan fingerprint density at radius 3 is 2.54 bits per heavy atom. The van der Waals surface area contributed by atoms with Gasteiger partial charge in [-0.3, -0.25) is 10.4 Å². The van der Waals surface area contributed by atoms with Crippen LogP contribution in [0.1, 0.15) is 56.6 Å². The molecule has 2 aliphatic rings. The van der Waals surface area contributed by atoms with Crippen LogP contribution >= 0.6 is 0 Å². The monoisotopic (exact) mass is 351 g/mol. The topological polar surface area (TPSA) is 103 Å². The van der Waals surface area contributed by atoms with Crippen LogP contribution in [0.15, 0.2) is 34.3 Å². The number of aliphatic hydroxyl groups is 1. The van der Waals surface area contributed by atoms with Crippen molar-refractivity contribution < 1.29 is 10.2 Å². The van der Waals surface area contributed by atoms with E-state index in [1.807, 2.05) is 0 Å². The van der Waals surface area contributed by atoms with E-state index < -0.39 is 5.60 Å². The van der Waals surface area contributed by atoms with Crippen molar-refractivity contribution in [2.75, 3.05) is 0 Å². The number of terminal acetylenes is 1. The fourth-order valence-electron chi connectivity index (χ4n) is 3.78. The number of amidine groups is 1. The van der Waals surface area contributed by atoms with Crippen LogP contribution in [-0.2, 0) is 0 Å². The van der Waals surface area contributed by atoms with Crippen molar-refractivity contribution >= 4 is 11.5 Å². The first-order valence-electron chi connectivity index (χ1n) is 8.98. The predicted octanol–water partition coefficient (Wildman–Crippen LogP) is 2.88. The Hall–Kier alpha value is -2.58. The zero-order valence-electron chi connectivity index (χ0n) is 15.0. The molecule has 0 radical (unpaired) electrons. The summed E-state index contributed by atoms with van der Waals surface area (Å²) in [6, 6.07) is 4.95. The lowest BCUT2D eigenvalue weighted by atomic mass is 9.77. The highest BCUT2D eigenvalue weighted by Crippen LogP contribution is 2.35. The van der Waals surface area contributed by atoms with Gasteiger partial charge in [0.15, 0.2) is 0 Å². The molecule has 136 valence electrons. The molecular formula is C21H25N3O2.